The molecule has 218 valence electrons. The van der Waals surface area contributed by atoms with Crippen molar-refractivity contribution < 1.29 is 42.3 Å². The Labute approximate surface area is 245 Å². The Hall–Kier alpha value is -3.90. The monoisotopic (exact) mass is 645 g/mol. The van der Waals surface area contributed by atoms with Gasteiger partial charge in [0.2, 0.25) is 6.04 Å². The number of ether oxygens (including phenoxy) is 1. The minimum atomic E-state index is -5.82. The Bertz CT molecular complexity index is 1540. The fourth-order valence-electron chi connectivity index (χ4n) is 6.82. The van der Waals surface area contributed by atoms with Crippen molar-refractivity contribution in [1.82, 2.24) is 0 Å². The molecule has 0 unspecified atom stereocenters. The number of hydrogen-bond acceptors (Lipinski definition) is 7. The number of aliphatic hydroxyl groups is 1. The number of hydrogen-bond donors (Lipinski definition) is 1. The molecule has 0 amide bonds. The van der Waals surface area contributed by atoms with Gasteiger partial charge >= 0.3 is 12.1 Å². The summed E-state index contributed by atoms with van der Waals surface area (Å²) >= 11 is 3.23. The highest BCUT2D eigenvalue weighted by Crippen LogP contribution is 2.68. The van der Waals surface area contributed by atoms with E-state index in [1.54, 1.807) is 0 Å². The molecule has 0 aliphatic heterocycles. The maximum atomic E-state index is 15.7. The van der Waals surface area contributed by atoms with E-state index >= 15 is 13.2 Å². The van der Waals surface area contributed by atoms with Gasteiger partial charge in [-0.3, -0.25) is 24.5 Å². The van der Waals surface area contributed by atoms with Gasteiger partial charge in [-0.2, -0.15) is 13.2 Å². The standard InChI is InChI=1S/C30H23BrF3NO7/c1-2-42-27(38)23-21(16-8-4-3-5-9-16)24(35(40)41)22(17-12-14-18(31)15-13-17)28(29(23,39)30(32,33)34)25(36)19-10-6-7-11-20(19)26(28)37/h3-15,21-24,39H,2H2,1H3/t21-,22+,23-,24-,29+/m1/s1. The number of Topliss-reactive ketones (excluding diaryl/α,β-unsaturated/α-hetero) is 2. The molecule has 0 radical (unpaired) electrons. The zero-order valence-corrected chi connectivity index (χ0v) is 23.5. The summed E-state index contributed by atoms with van der Waals surface area (Å²) in [5, 5.41) is 25.3. The molecule has 0 saturated heterocycles. The molecule has 1 spiro atoms. The summed E-state index contributed by atoms with van der Waals surface area (Å²) in [6.07, 6.45) is -5.82. The Morgan fingerprint density at radius 3 is 1.95 bits per heavy atom. The quantitative estimate of drug-likeness (QED) is 0.168. The SMILES string of the molecule is CCOC(=O)[C@H]1[C@@H](c2ccccc2)[C@@H]([N+](=O)[O-])[C@H](c2ccc(Br)cc2)C2(C(=O)c3ccccc3C2=O)[C@]1(O)C(F)(F)F. The first-order valence-electron chi connectivity index (χ1n) is 12.9. The molecule has 5 rings (SSSR count). The van der Waals surface area contributed by atoms with E-state index in [1.165, 1.54) is 73.7 Å². The van der Waals surface area contributed by atoms with Crippen LogP contribution in [-0.2, 0) is 9.53 Å². The summed E-state index contributed by atoms with van der Waals surface area (Å²) in [6.45, 7) is 0.886. The molecule has 5 atom stereocenters. The van der Waals surface area contributed by atoms with E-state index < -0.39 is 81.2 Å². The van der Waals surface area contributed by atoms with Crippen molar-refractivity contribution in [1.29, 1.82) is 0 Å². The third kappa shape index (κ3) is 3.95. The number of carbonyl (C=O) groups is 3. The van der Waals surface area contributed by atoms with Crippen molar-refractivity contribution in [3.8, 4) is 0 Å². The van der Waals surface area contributed by atoms with Crippen molar-refractivity contribution >= 4 is 33.5 Å². The molecule has 3 aromatic carbocycles. The summed E-state index contributed by atoms with van der Waals surface area (Å²) in [5.74, 6) is -11.4. The number of benzene rings is 3. The first-order chi connectivity index (χ1) is 19.8. The number of carbonyl (C=O) groups excluding carboxylic acids is 3. The second kappa shape index (κ2) is 10.4. The molecule has 0 heterocycles. The minimum Gasteiger partial charge on any atom is -0.466 e. The predicted octanol–water partition coefficient (Wildman–Crippen LogP) is 5.51. The van der Waals surface area contributed by atoms with Crippen LogP contribution in [0.1, 0.15) is 50.6 Å². The van der Waals surface area contributed by atoms with Gasteiger partial charge < -0.3 is 9.84 Å². The van der Waals surface area contributed by atoms with E-state index in [-0.39, 0.29) is 11.1 Å². The highest BCUT2D eigenvalue weighted by atomic mass is 79.9. The van der Waals surface area contributed by atoms with E-state index in [9.17, 15) is 29.6 Å². The topological polar surface area (TPSA) is 124 Å². The van der Waals surface area contributed by atoms with Crippen LogP contribution < -0.4 is 0 Å². The van der Waals surface area contributed by atoms with Crippen molar-refractivity contribution in [2.24, 2.45) is 11.3 Å². The van der Waals surface area contributed by atoms with Gasteiger partial charge in [0.25, 0.3) is 0 Å². The van der Waals surface area contributed by atoms with Crippen LogP contribution in [0.4, 0.5) is 13.2 Å². The van der Waals surface area contributed by atoms with Gasteiger partial charge in [0.1, 0.15) is 11.3 Å². The summed E-state index contributed by atoms with van der Waals surface area (Å²) in [7, 11) is 0. The largest absolute Gasteiger partial charge is 0.466 e. The molecule has 2 aliphatic carbocycles. The average molecular weight is 646 g/mol. The second-order valence-corrected chi connectivity index (χ2v) is 11.2. The van der Waals surface area contributed by atoms with Crippen LogP contribution in [0.15, 0.2) is 83.3 Å². The van der Waals surface area contributed by atoms with Crippen molar-refractivity contribution in [2.75, 3.05) is 6.61 Å². The number of esters is 1. The van der Waals surface area contributed by atoms with Crippen LogP contribution in [0.2, 0.25) is 0 Å². The fourth-order valence-corrected chi connectivity index (χ4v) is 7.09. The zero-order chi connectivity index (χ0) is 30.6. The number of halogens is 4. The van der Waals surface area contributed by atoms with Gasteiger partial charge in [-0.25, -0.2) is 0 Å². The molecular weight excluding hydrogens is 623 g/mol. The molecule has 12 heteroatoms. The molecule has 8 nitrogen and oxygen atoms in total. The predicted molar refractivity (Wildman–Crippen MR) is 146 cm³/mol. The van der Waals surface area contributed by atoms with Gasteiger partial charge in [0.05, 0.1) is 18.4 Å². The summed E-state index contributed by atoms with van der Waals surface area (Å²) in [6, 6.07) is 15.0. The number of fused-ring (bicyclic) bond motifs is 1. The van der Waals surface area contributed by atoms with E-state index in [2.05, 4.69) is 15.9 Å². The van der Waals surface area contributed by atoms with Gasteiger partial charge in [0.15, 0.2) is 17.2 Å². The lowest BCUT2D eigenvalue weighted by Crippen LogP contribution is -2.76. The van der Waals surface area contributed by atoms with Crippen LogP contribution in [0.5, 0.6) is 0 Å². The van der Waals surface area contributed by atoms with Crippen LogP contribution in [0.3, 0.4) is 0 Å². The first-order valence-corrected chi connectivity index (χ1v) is 13.7. The molecule has 42 heavy (non-hydrogen) atoms. The Kier molecular flexibility index (Phi) is 7.34. The number of alkyl halides is 3. The molecule has 1 N–H and O–H groups in total. The van der Waals surface area contributed by atoms with Crippen LogP contribution in [0, 0.1) is 21.4 Å². The lowest BCUT2D eigenvalue weighted by molar-refractivity contribution is -0.544. The first kappa shape index (κ1) is 29.6. The highest BCUT2D eigenvalue weighted by molar-refractivity contribution is 9.10. The van der Waals surface area contributed by atoms with Crippen molar-refractivity contribution in [2.45, 2.75) is 36.6 Å². The fraction of sp³-hybridized carbons (Fsp3) is 0.300. The zero-order valence-electron chi connectivity index (χ0n) is 21.9. The Balaban J connectivity index is 2.00. The molecule has 1 fully saturated rings. The van der Waals surface area contributed by atoms with E-state index in [4.69, 9.17) is 4.74 Å². The van der Waals surface area contributed by atoms with Crippen molar-refractivity contribution in [3.05, 3.63) is 116 Å². The number of nitro groups is 1. The van der Waals surface area contributed by atoms with Gasteiger partial charge in [0, 0.05) is 20.5 Å². The highest BCUT2D eigenvalue weighted by Gasteiger charge is 2.87. The van der Waals surface area contributed by atoms with Crippen LogP contribution in [0.25, 0.3) is 0 Å². The maximum absolute atomic E-state index is 15.7. The third-order valence-corrected chi connectivity index (χ3v) is 8.88. The molecule has 3 aromatic rings. The third-order valence-electron chi connectivity index (χ3n) is 8.35. The minimum absolute atomic E-state index is 0.0766. The normalized spacial score (nSPS) is 26.6. The lowest BCUT2D eigenvalue weighted by Gasteiger charge is -2.56. The number of rotatable bonds is 5. The number of ketones is 2. The molecule has 0 aromatic heterocycles. The van der Waals surface area contributed by atoms with Crippen molar-refractivity contribution in [3.63, 3.8) is 0 Å². The summed E-state index contributed by atoms with van der Waals surface area (Å²) < 4.78 is 52.5. The molecular formula is C30H23BrF3NO7. The van der Waals surface area contributed by atoms with Gasteiger partial charge in [-0.15, -0.1) is 0 Å². The average Bonchev–Trinajstić information content (AvgIpc) is 3.17. The summed E-state index contributed by atoms with van der Waals surface area (Å²) in [4.78, 5) is 54.5. The molecule has 1 saturated carbocycles. The van der Waals surface area contributed by atoms with E-state index in [0.29, 0.717) is 4.47 Å². The van der Waals surface area contributed by atoms with Gasteiger partial charge in [-0.1, -0.05) is 82.7 Å². The van der Waals surface area contributed by atoms with Gasteiger partial charge in [-0.05, 0) is 30.2 Å². The molecule has 0 bridgehead atoms. The van der Waals surface area contributed by atoms with Crippen LogP contribution >= 0.6 is 15.9 Å². The Morgan fingerprint density at radius 1 is 0.952 bits per heavy atom. The maximum Gasteiger partial charge on any atom is 0.419 e. The lowest BCUT2D eigenvalue weighted by atomic mass is 9.45. The molecule has 2 aliphatic rings. The second-order valence-electron chi connectivity index (χ2n) is 10.2. The Morgan fingerprint density at radius 2 is 1.48 bits per heavy atom. The van der Waals surface area contributed by atoms with Crippen LogP contribution in [-0.4, -0.2) is 52.0 Å². The number of nitrogens with zero attached hydrogens (tertiary/aromatic N) is 1. The van der Waals surface area contributed by atoms with E-state index in [0.717, 1.165) is 12.1 Å². The summed E-state index contributed by atoms with van der Waals surface area (Å²) in [5.41, 5.74) is -9.08. The van der Waals surface area contributed by atoms with E-state index in [1.807, 2.05) is 0 Å². The smallest absolute Gasteiger partial charge is 0.419 e.